The fourth-order valence-electron chi connectivity index (χ4n) is 2.81. The van der Waals surface area contributed by atoms with Gasteiger partial charge in [-0.25, -0.2) is 8.42 Å². The lowest BCUT2D eigenvalue weighted by Gasteiger charge is -2.09. The van der Waals surface area contributed by atoms with Crippen molar-refractivity contribution < 1.29 is 13.2 Å². The minimum Gasteiger partial charge on any atom is -0.355 e. The highest BCUT2D eigenvalue weighted by atomic mass is 35.5. The second kappa shape index (κ2) is 8.35. The summed E-state index contributed by atoms with van der Waals surface area (Å²) in [5, 5.41) is 3.55. The highest BCUT2D eigenvalue weighted by Crippen LogP contribution is 2.31. The van der Waals surface area contributed by atoms with Crippen molar-refractivity contribution in [2.45, 2.75) is 10.6 Å². The highest BCUT2D eigenvalue weighted by molar-refractivity contribution is 7.90. The Hall–Kier alpha value is -2.34. The summed E-state index contributed by atoms with van der Waals surface area (Å²) < 4.78 is 25.5. The van der Waals surface area contributed by atoms with E-state index in [0.717, 1.165) is 11.1 Å². The topological polar surface area (TPSA) is 63.2 Å². The van der Waals surface area contributed by atoms with Crippen LogP contribution in [0.3, 0.4) is 0 Å². The Kier molecular flexibility index (Phi) is 6.08. The highest BCUT2D eigenvalue weighted by Gasteiger charge is 2.17. The largest absolute Gasteiger partial charge is 0.355 e. The monoisotopic (exact) mass is 433 g/mol. The van der Waals surface area contributed by atoms with E-state index in [1.54, 1.807) is 66.7 Å². The van der Waals surface area contributed by atoms with E-state index in [4.69, 9.17) is 23.2 Å². The zero-order chi connectivity index (χ0) is 20.3. The van der Waals surface area contributed by atoms with Gasteiger partial charge in [0.1, 0.15) is 0 Å². The minimum absolute atomic E-state index is 0.196. The first-order valence-corrected chi connectivity index (χ1v) is 10.8. The zero-order valence-electron chi connectivity index (χ0n) is 14.9. The van der Waals surface area contributed by atoms with Crippen LogP contribution in [0, 0.1) is 0 Å². The molecule has 0 aromatic heterocycles. The Balaban J connectivity index is 1.86. The summed E-state index contributed by atoms with van der Waals surface area (Å²) in [5.41, 5.74) is 2.53. The quantitative estimate of drug-likeness (QED) is 0.615. The van der Waals surface area contributed by atoms with Gasteiger partial charge in [-0.1, -0.05) is 53.5 Å². The average Bonchev–Trinajstić information content (AvgIpc) is 2.67. The standard InChI is InChI=1S/C21H17Cl2NO3S/c1-24-21(25)16-4-2-3-14(11-16)13-28(26,27)18-8-5-15(6-9-18)19-10-7-17(22)12-20(19)23/h2-12H,13H2,1H3,(H,24,25). The van der Waals surface area contributed by atoms with Gasteiger partial charge in [-0.2, -0.15) is 0 Å². The molecule has 0 heterocycles. The lowest BCUT2D eigenvalue weighted by Crippen LogP contribution is -2.18. The molecule has 0 aliphatic heterocycles. The molecule has 3 rings (SSSR count). The maximum Gasteiger partial charge on any atom is 0.251 e. The zero-order valence-corrected chi connectivity index (χ0v) is 17.3. The molecule has 0 fully saturated rings. The third-order valence-corrected chi connectivity index (χ3v) is 6.48. The van der Waals surface area contributed by atoms with E-state index >= 15 is 0 Å². The maximum atomic E-state index is 12.8. The molecule has 1 N–H and O–H groups in total. The molecule has 3 aromatic carbocycles. The van der Waals surface area contributed by atoms with Gasteiger partial charge < -0.3 is 5.32 Å². The van der Waals surface area contributed by atoms with Gasteiger partial charge in [0, 0.05) is 28.2 Å². The van der Waals surface area contributed by atoms with Crippen LogP contribution in [0.25, 0.3) is 11.1 Å². The molecule has 4 nitrogen and oxygen atoms in total. The molecule has 0 saturated carbocycles. The van der Waals surface area contributed by atoms with Gasteiger partial charge >= 0.3 is 0 Å². The van der Waals surface area contributed by atoms with Crippen molar-refractivity contribution in [3.8, 4) is 11.1 Å². The number of amides is 1. The van der Waals surface area contributed by atoms with Crippen molar-refractivity contribution in [2.75, 3.05) is 7.05 Å². The SMILES string of the molecule is CNC(=O)c1cccc(CS(=O)(=O)c2ccc(-c3ccc(Cl)cc3Cl)cc2)c1. The molecular formula is C21H17Cl2NO3S. The summed E-state index contributed by atoms with van der Waals surface area (Å²) in [6, 6.07) is 18.3. The first-order valence-electron chi connectivity index (χ1n) is 8.39. The van der Waals surface area contributed by atoms with E-state index in [0.29, 0.717) is 21.2 Å². The van der Waals surface area contributed by atoms with Crippen LogP contribution < -0.4 is 5.32 Å². The fraction of sp³-hybridized carbons (Fsp3) is 0.0952. The van der Waals surface area contributed by atoms with Gasteiger partial charge in [0.15, 0.2) is 9.84 Å². The lowest BCUT2D eigenvalue weighted by atomic mass is 10.1. The normalized spacial score (nSPS) is 11.2. The van der Waals surface area contributed by atoms with Crippen molar-refractivity contribution in [3.63, 3.8) is 0 Å². The van der Waals surface area contributed by atoms with E-state index in [-0.39, 0.29) is 16.6 Å². The molecule has 28 heavy (non-hydrogen) atoms. The number of halogens is 2. The molecule has 7 heteroatoms. The number of carbonyl (C=O) groups is 1. The third kappa shape index (κ3) is 4.55. The number of hydrogen-bond acceptors (Lipinski definition) is 3. The fourth-order valence-corrected chi connectivity index (χ4v) is 4.67. The molecule has 0 saturated heterocycles. The first kappa shape index (κ1) is 20.4. The first-order chi connectivity index (χ1) is 13.3. The predicted molar refractivity (Wildman–Crippen MR) is 113 cm³/mol. The Morgan fingerprint density at radius 1 is 0.964 bits per heavy atom. The number of carbonyl (C=O) groups excluding carboxylic acids is 1. The Bertz CT molecular complexity index is 1130. The molecule has 0 aliphatic carbocycles. The number of rotatable bonds is 5. The summed E-state index contributed by atoms with van der Waals surface area (Å²) in [6.07, 6.45) is 0. The summed E-state index contributed by atoms with van der Waals surface area (Å²) in [4.78, 5) is 11.9. The molecule has 1 amide bonds. The summed E-state index contributed by atoms with van der Waals surface area (Å²) in [7, 11) is -2.04. The van der Waals surface area contributed by atoms with Crippen LogP contribution in [-0.2, 0) is 15.6 Å². The summed E-state index contributed by atoms with van der Waals surface area (Å²) >= 11 is 12.1. The van der Waals surface area contributed by atoms with Crippen LogP contribution >= 0.6 is 23.2 Å². The molecule has 0 atom stereocenters. The van der Waals surface area contributed by atoms with Gasteiger partial charge in [0.25, 0.3) is 5.91 Å². The van der Waals surface area contributed by atoms with E-state index in [1.807, 2.05) is 0 Å². The second-order valence-corrected chi connectivity index (χ2v) is 9.02. The molecule has 0 radical (unpaired) electrons. The molecular weight excluding hydrogens is 417 g/mol. The maximum absolute atomic E-state index is 12.8. The molecule has 3 aromatic rings. The van der Waals surface area contributed by atoms with Gasteiger partial charge in [-0.15, -0.1) is 0 Å². The predicted octanol–water partition coefficient (Wildman–Crippen LogP) is 4.99. The van der Waals surface area contributed by atoms with E-state index < -0.39 is 9.84 Å². The van der Waals surface area contributed by atoms with Crippen molar-refractivity contribution in [2.24, 2.45) is 0 Å². The van der Waals surface area contributed by atoms with Crippen molar-refractivity contribution >= 4 is 38.9 Å². The average molecular weight is 434 g/mol. The lowest BCUT2D eigenvalue weighted by molar-refractivity contribution is 0.0963. The van der Waals surface area contributed by atoms with Crippen molar-refractivity contribution in [3.05, 3.63) is 87.9 Å². The van der Waals surface area contributed by atoms with Crippen LogP contribution in [0.5, 0.6) is 0 Å². The van der Waals surface area contributed by atoms with Gasteiger partial charge in [0.05, 0.1) is 10.6 Å². The number of nitrogens with one attached hydrogen (secondary N) is 1. The Morgan fingerprint density at radius 2 is 1.68 bits per heavy atom. The minimum atomic E-state index is -3.56. The van der Waals surface area contributed by atoms with Gasteiger partial charge in [-0.3, -0.25) is 4.79 Å². The van der Waals surface area contributed by atoms with Crippen LogP contribution in [0.4, 0.5) is 0 Å². The number of benzene rings is 3. The number of hydrogen-bond donors (Lipinski definition) is 1. The summed E-state index contributed by atoms with van der Waals surface area (Å²) in [5.74, 6) is -0.456. The molecule has 0 unspecified atom stereocenters. The van der Waals surface area contributed by atoms with Crippen molar-refractivity contribution in [1.29, 1.82) is 0 Å². The second-order valence-electron chi connectivity index (χ2n) is 6.19. The van der Waals surface area contributed by atoms with Crippen LogP contribution in [0.15, 0.2) is 71.6 Å². The van der Waals surface area contributed by atoms with Gasteiger partial charge in [0.2, 0.25) is 0 Å². The van der Waals surface area contributed by atoms with Crippen LogP contribution in [0.2, 0.25) is 10.0 Å². The third-order valence-electron chi connectivity index (χ3n) is 4.23. The van der Waals surface area contributed by atoms with E-state index in [9.17, 15) is 13.2 Å². The molecule has 0 bridgehead atoms. The van der Waals surface area contributed by atoms with Crippen molar-refractivity contribution in [1.82, 2.24) is 5.32 Å². The number of sulfone groups is 1. The van der Waals surface area contributed by atoms with E-state index in [2.05, 4.69) is 5.32 Å². The molecule has 0 spiro atoms. The molecule has 0 aliphatic rings. The van der Waals surface area contributed by atoms with Crippen LogP contribution in [-0.4, -0.2) is 21.4 Å². The summed E-state index contributed by atoms with van der Waals surface area (Å²) in [6.45, 7) is 0. The smallest absolute Gasteiger partial charge is 0.251 e. The Labute approximate surface area is 174 Å². The van der Waals surface area contributed by atoms with E-state index in [1.165, 1.54) is 7.05 Å². The molecule has 144 valence electrons. The van der Waals surface area contributed by atoms with Gasteiger partial charge in [-0.05, 0) is 47.5 Å². The Morgan fingerprint density at radius 3 is 2.32 bits per heavy atom. The van der Waals surface area contributed by atoms with Crippen LogP contribution in [0.1, 0.15) is 15.9 Å².